The van der Waals surface area contributed by atoms with Crippen molar-refractivity contribution in [2.75, 3.05) is 6.54 Å². The Kier molecular flexibility index (Phi) is 5.17. The molecule has 0 bridgehead atoms. The summed E-state index contributed by atoms with van der Waals surface area (Å²) in [5.41, 5.74) is 3.19. The average Bonchev–Trinajstić information content (AvgIpc) is 3.30. The van der Waals surface area contributed by atoms with Crippen molar-refractivity contribution in [1.82, 2.24) is 15.0 Å². The van der Waals surface area contributed by atoms with Crippen LogP contribution in [0.4, 0.5) is 0 Å². The van der Waals surface area contributed by atoms with E-state index < -0.39 is 0 Å². The Bertz CT molecular complexity index is 1020. The van der Waals surface area contributed by atoms with Crippen LogP contribution in [0.2, 0.25) is 5.02 Å². The molecule has 3 aromatic rings. The predicted molar refractivity (Wildman–Crippen MR) is 113 cm³/mol. The third kappa shape index (κ3) is 4.20. The third-order valence-corrected chi connectivity index (χ3v) is 5.70. The summed E-state index contributed by atoms with van der Waals surface area (Å²) < 4.78 is 5.51. The van der Waals surface area contributed by atoms with Crippen molar-refractivity contribution < 1.29 is 9.32 Å². The van der Waals surface area contributed by atoms with Gasteiger partial charge in [0.15, 0.2) is 0 Å². The number of likely N-dealkylation sites (tertiary alicyclic amines) is 1. The number of rotatable bonds is 4. The normalized spacial score (nSPS) is 17.2. The zero-order valence-electron chi connectivity index (χ0n) is 16.9. The van der Waals surface area contributed by atoms with Crippen LogP contribution < -0.4 is 0 Å². The number of benzene rings is 2. The van der Waals surface area contributed by atoms with Crippen molar-refractivity contribution in [3.05, 3.63) is 70.6 Å². The highest BCUT2D eigenvalue weighted by Crippen LogP contribution is 2.31. The Morgan fingerprint density at radius 1 is 1.14 bits per heavy atom. The second kappa shape index (κ2) is 7.64. The Morgan fingerprint density at radius 2 is 1.86 bits per heavy atom. The van der Waals surface area contributed by atoms with Crippen LogP contribution in [0, 0.1) is 0 Å². The smallest absolute Gasteiger partial charge is 0.232 e. The minimum absolute atomic E-state index is 0.0733. The molecule has 2 aromatic carbocycles. The molecule has 4 rings (SSSR count). The number of carbonyl (C=O) groups excluding carboxylic acids is 1. The summed E-state index contributed by atoms with van der Waals surface area (Å²) in [5, 5.41) is 4.80. The van der Waals surface area contributed by atoms with E-state index in [9.17, 15) is 4.79 Å². The molecule has 0 saturated carbocycles. The van der Waals surface area contributed by atoms with Gasteiger partial charge in [-0.1, -0.05) is 80.0 Å². The highest BCUT2D eigenvalue weighted by Gasteiger charge is 2.34. The van der Waals surface area contributed by atoms with Gasteiger partial charge in [0, 0.05) is 30.1 Å². The summed E-state index contributed by atoms with van der Waals surface area (Å²) in [6.45, 7) is 7.58. The van der Waals surface area contributed by atoms with Crippen molar-refractivity contribution in [2.45, 2.75) is 45.1 Å². The lowest BCUT2D eigenvalue weighted by molar-refractivity contribution is -0.128. The maximum atomic E-state index is 12.5. The summed E-state index contributed by atoms with van der Waals surface area (Å²) in [7, 11) is 0. The number of nitrogens with zero attached hydrogens (tertiary/aromatic N) is 3. The molecule has 0 radical (unpaired) electrons. The van der Waals surface area contributed by atoms with Gasteiger partial charge in [-0.15, -0.1) is 0 Å². The van der Waals surface area contributed by atoms with E-state index in [0.29, 0.717) is 36.2 Å². The van der Waals surface area contributed by atoms with Gasteiger partial charge in [-0.2, -0.15) is 4.98 Å². The molecule has 1 saturated heterocycles. The SMILES string of the molecule is CC(C)(C)c1ccc(-c2noc(C3CC(=O)N(Cc4ccccc4Cl)C3)n2)cc1. The van der Waals surface area contributed by atoms with Crippen molar-refractivity contribution in [3.63, 3.8) is 0 Å². The molecule has 150 valence electrons. The first kappa shape index (κ1) is 19.6. The molecule has 2 heterocycles. The van der Waals surface area contributed by atoms with Crippen LogP contribution in [0.25, 0.3) is 11.4 Å². The van der Waals surface area contributed by atoms with Crippen LogP contribution in [0.1, 0.15) is 50.1 Å². The molecule has 1 atom stereocenters. The molecule has 1 aromatic heterocycles. The molecule has 0 aliphatic carbocycles. The van der Waals surface area contributed by atoms with Crippen LogP contribution in [0.5, 0.6) is 0 Å². The van der Waals surface area contributed by atoms with Gasteiger partial charge in [-0.05, 0) is 22.6 Å². The Hall–Kier alpha value is -2.66. The molecule has 1 aliphatic heterocycles. The maximum absolute atomic E-state index is 12.5. The van der Waals surface area contributed by atoms with E-state index in [4.69, 9.17) is 16.1 Å². The number of halogens is 1. The van der Waals surface area contributed by atoms with Gasteiger partial charge in [0.05, 0.1) is 5.92 Å². The van der Waals surface area contributed by atoms with E-state index in [1.54, 1.807) is 4.90 Å². The van der Waals surface area contributed by atoms with Gasteiger partial charge in [0.25, 0.3) is 0 Å². The topological polar surface area (TPSA) is 59.2 Å². The van der Waals surface area contributed by atoms with Crippen molar-refractivity contribution in [2.24, 2.45) is 0 Å². The van der Waals surface area contributed by atoms with Crippen LogP contribution in [0.15, 0.2) is 53.1 Å². The fourth-order valence-corrected chi connectivity index (χ4v) is 3.76. The Morgan fingerprint density at radius 3 is 2.55 bits per heavy atom. The quantitative estimate of drug-likeness (QED) is 0.594. The maximum Gasteiger partial charge on any atom is 0.232 e. The molecule has 1 aliphatic rings. The zero-order valence-corrected chi connectivity index (χ0v) is 17.6. The largest absolute Gasteiger partial charge is 0.339 e. The van der Waals surface area contributed by atoms with Crippen LogP contribution in [0.3, 0.4) is 0 Å². The Labute approximate surface area is 175 Å². The number of amides is 1. The minimum atomic E-state index is -0.0971. The fourth-order valence-electron chi connectivity index (χ4n) is 3.56. The van der Waals surface area contributed by atoms with E-state index in [1.807, 2.05) is 36.4 Å². The van der Waals surface area contributed by atoms with Gasteiger partial charge in [-0.25, -0.2) is 0 Å². The molecule has 1 fully saturated rings. The fraction of sp³-hybridized carbons (Fsp3) is 0.348. The summed E-state index contributed by atoms with van der Waals surface area (Å²) in [5.74, 6) is 1.04. The standard InChI is InChI=1S/C23H24ClN3O2/c1-23(2,3)18-10-8-15(9-11-18)21-25-22(29-26-21)17-12-20(28)27(14-17)13-16-6-4-5-7-19(16)24/h4-11,17H,12-14H2,1-3H3. The zero-order chi connectivity index (χ0) is 20.6. The van der Waals surface area contributed by atoms with E-state index >= 15 is 0 Å². The molecule has 1 unspecified atom stereocenters. The lowest BCUT2D eigenvalue weighted by atomic mass is 9.87. The van der Waals surface area contributed by atoms with Gasteiger partial charge < -0.3 is 9.42 Å². The lowest BCUT2D eigenvalue weighted by Crippen LogP contribution is -2.24. The first-order valence-electron chi connectivity index (χ1n) is 9.77. The van der Waals surface area contributed by atoms with Gasteiger partial charge in [0.1, 0.15) is 0 Å². The van der Waals surface area contributed by atoms with Crippen molar-refractivity contribution in [1.29, 1.82) is 0 Å². The molecular formula is C23H24ClN3O2. The van der Waals surface area contributed by atoms with E-state index in [1.165, 1.54) is 5.56 Å². The predicted octanol–water partition coefficient (Wildman–Crippen LogP) is 5.20. The van der Waals surface area contributed by atoms with E-state index in [0.717, 1.165) is 11.1 Å². The molecular weight excluding hydrogens is 386 g/mol. The van der Waals surface area contributed by atoms with Gasteiger partial charge >= 0.3 is 0 Å². The molecule has 5 nitrogen and oxygen atoms in total. The number of aromatic nitrogens is 2. The summed E-state index contributed by atoms with van der Waals surface area (Å²) >= 11 is 6.24. The van der Waals surface area contributed by atoms with Crippen LogP contribution >= 0.6 is 11.6 Å². The highest BCUT2D eigenvalue weighted by atomic mass is 35.5. The minimum Gasteiger partial charge on any atom is -0.339 e. The molecule has 0 spiro atoms. The second-order valence-corrected chi connectivity index (χ2v) is 8.96. The number of carbonyl (C=O) groups is 1. The highest BCUT2D eigenvalue weighted by molar-refractivity contribution is 6.31. The van der Waals surface area contributed by atoms with Crippen LogP contribution in [-0.2, 0) is 16.8 Å². The number of hydrogen-bond donors (Lipinski definition) is 0. The second-order valence-electron chi connectivity index (χ2n) is 8.55. The monoisotopic (exact) mass is 409 g/mol. The van der Waals surface area contributed by atoms with Crippen molar-refractivity contribution >= 4 is 17.5 Å². The van der Waals surface area contributed by atoms with Gasteiger partial charge in [0.2, 0.25) is 17.6 Å². The lowest BCUT2D eigenvalue weighted by Gasteiger charge is -2.18. The summed E-state index contributed by atoms with van der Waals surface area (Å²) in [6.07, 6.45) is 0.370. The molecule has 6 heteroatoms. The van der Waals surface area contributed by atoms with Crippen LogP contribution in [-0.4, -0.2) is 27.5 Å². The Balaban J connectivity index is 1.47. The number of hydrogen-bond acceptors (Lipinski definition) is 4. The van der Waals surface area contributed by atoms with Gasteiger partial charge in [-0.3, -0.25) is 4.79 Å². The third-order valence-electron chi connectivity index (χ3n) is 5.33. The molecule has 1 amide bonds. The summed E-state index contributed by atoms with van der Waals surface area (Å²) in [6, 6.07) is 15.8. The van der Waals surface area contributed by atoms with Crippen molar-refractivity contribution in [3.8, 4) is 11.4 Å². The molecule has 29 heavy (non-hydrogen) atoms. The molecule has 0 N–H and O–H groups in total. The van der Waals surface area contributed by atoms with E-state index in [2.05, 4.69) is 43.0 Å². The first-order valence-corrected chi connectivity index (χ1v) is 10.1. The first-order chi connectivity index (χ1) is 13.8. The average molecular weight is 410 g/mol. The van der Waals surface area contributed by atoms with E-state index in [-0.39, 0.29) is 17.2 Å². The summed E-state index contributed by atoms with van der Waals surface area (Å²) in [4.78, 5) is 18.8.